The fourth-order valence-corrected chi connectivity index (χ4v) is 4.62. The summed E-state index contributed by atoms with van der Waals surface area (Å²) < 4.78 is 60.9. The van der Waals surface area contributed by atoms with E-state index in [-0.39, 0.29) is 60.0 Å². The molecule has 1 saturated heterocycles. The summed E-state index contributed by atoms with van der Waals surface area (Å²) in [6.45, 7) is -0.0635. The first-order chi connectivity index (χ1) is 17.0. The van der Waals surface area contributed by atoms with Crippen LogP contribution in [0.25, 0.3) is 11.1 Å². The molecular formula is C24H26F4N4O4. The van der Waals surface area contributed by atoms with Crippen molar-refractivity contribution in [2.24, 2.45) is 5.73 Å². The molecule has 1 amide bonds. The van der Waals surface area contributed by atoms with E-state index in [0.717, 1.165) is 12.1 Å². The molecule has 1 aromatic carbocycles. The van der Waals surface area contributed by atoms with Gasteiger partial charge in [0.15, 0.2) is 6.61 Å². The van der Waals surface area contributed by atoms with E-state index in [9.17, 15) is 27.2 Å². The molecule has 2 aromatic rings. The number of anilines is 1. The predicted molar refractivity (Wildman–Crippen MR) is 122 cm³/mol. The summed E-state index contributed by atoms with van der Waals surface area (Å²) in [6.07, 6.45) is 1.25. The van der Waals surface area contributed by atoms with Gasteiger partial charge in [-0.1, -0.05) is 0 Å². The minimum absolute atomic E-state index is 0.0113. The maximum Gasteiger partial charge on any atom is 0.341 e. The van der Waals surface area contributed by atoms with Crippen molar-refractivity contribution in [2.75, 3.05) is 24.6 Å². The SMILES string of the molecule is N[C@H]1CCN(c2c(C(=O)NC3CCC(F)(F)CC3)cnc(OCC(=O)O)c2-c2cc(F)cc(F)c2)C1. The lowest BCUT2D eigenvalue weighted by molar-refractivity contribution is -0.139. The number of aromatic nitrogens is 1. The van der Waals surface area contributed by atoms with Crippen molar-refractivity contribution < 1.29 is 37.0 Å². The zero-order chi connectivity index (χ0) is 26.0. The zero-order valence-corrected chi connectivity index (χ0v) is 19.3. The third-order valence-electron chi connectivity index (χ3n) is 6.34. The minimum Gasteiger partial charge on any atom is -0.479 e. The van der Waals surface area contributed by atoms with Crippen LogP contribution in [0.4, 0.5) is 23.2 Å². The third kappa shape index (κ3) is 5.86. The fourth-order valence-electron chi connectivity index (χ4n) is 4.62. The summed E-state index contributed by atoms with van der Waals surface area (Å²) in [6, 6.07) is 2.00. The predicted octanol–water partition coefficient (Wildman–Crippen LogP) is 3.34. The van der Waals surface area contributed by atoms with Gasteiger partial charge in [-0.2, -0.15) is 0 Å². The number of carboxylic acids is 1. The highest BCUT2D eigenvalue weighted by Gasteiger charge is 2.36. The normalized spacial score (nSPS) is 19.8. The Labute approximate surface area is 204 Å². The van der Waals surface area contributed by atoms with Gasteiger partial charge in [-0.05, 0) is 37.0 Å². The van der Waals surface area contributed by atoms with Crippen molar-refractivity contribution in [2.45, 2.75) is 50.1 Å². The van der Waals surface area contributed by atoms with Gasteiger partial charge in [0.1, 0.15) is 11.6 Å². The molecule has 1 aromatic heterocycles. The largest absolute Gasteiger partial charge is 0.479 e. The fraction of sp³-hybridized carbons (Fsp3) is 0.458. The number of benzene rings is 1. The average molecular weight is 510 g/mol. The molecule has 1 saturated carbocycles. The topological polar surface area (TPSA) is 118 Å². The standard InChI is InChI=1S/C24H26F4N4O4/c25-14-7-13(8-15(26)9-14)20-21(32-6-3-16(29)11-32)18(10-30-23(20)36-12-19(33)34)22(35)31-17-1-4-24(27,28)5-2-17/h7-10,16-17H,1-6,11-12,29H2,(H,31,35)(H,33,34)/t16-/m0/s1. The molecule has 8 nitrogen and oxygen atoms in total. The second kappa shape index (κ2) is 10.3. The van der Waals surface area contributed by atoms with Gasteiger partial charge < -0.3 is 25.8 Å². The summed E-state index contributed by atoms with van der Waals surface area (Å²) in [5.41, 5.74) is 6.36. The molecule has 36 heavy (non-hydrogen) atoms. The van der Waals surface area contributed by atoms with Gasteiger partial charge in [-0.25, -0.2) is 27.3 Å². The third-order valence-corrected chi connectivity index (χ3v) is 6.34. The Hall–Kier alpha value is -3.41. The first-order valence-electron chi connectivity index (χ1n) is 11.6. The molecule has 2 fully saturated rings. The summed E-state index contributed by atoms with van der Waals surface area (Å²) >= 11 is 0. The monoisotopic (exact) mass is 510 g/mol. The number of nitrogens with one attached hydrogen (secondary N) is 1. The number of rotatable bonds is 7. The van der Waals surface area contributed by atoms with E-state index in [1.54, 1.807) is 4.90 Å². The number of nitrogens with two attached hydrogens (primary N) is 1. The number of carbonyl (C=O) groups is 2. The van der Waals surface area contributed by atoms with Crippen LogP contribution in [-0.4, -0.2) is 59.7 Å². The Bertz CT molecular complexity index is 1130. The lowest BCUT2D eigenvalue weighted by Gasteiger charge is -2.30. The van der Waals surface area contributed by atoms with Crippen LogP contribution < -0.4 is 20.7 Å². The number of pyridine rings is 1. The molecule has 0 bridgehead atoms. The number of hydrogen-bond acceptors (Lipinski definition) is 6. The van der Waals surface area contributed by atoms with Gasteiger partial charge in [0.25, 0.3) is 5.91 Å². The highest BCUT2D eigenvalue weighted by Crippen LogP contribution is 2.42. The molecule has 0 spiro atoms. The number of amides is 1. The quantitative estimate of drug-likeness (QED) is 0.489. The van der Waals surface area contributed by atoms with Gasteiger partial charge in [-0.15, -0.1) is 0 Å². The molecule has 194 valence electrons. The van der Waals surface area contributed by atoms with Gasteiger partial charge in [0, 0.05) is 50.3 Å². The Kier molecular flexibility index (Phi) is 7.34. The van der Waals surface area contributed by atoms with E-state index in [0.29, 0.717) is 25.6 Å². The summed E-state index contributed by atoms with van der Waals surface area (Å²) in [7, 11) is 0. The Balaban J connectivity index is 1.80. The molecule has 0 unspecified atom stereocenters. The van der Waals surface area contributed by atoms with Crippen molar-refractivity contribution in [1.29, 1.82) is 0 Å². The molecule has 1 aliphatic heterocycles. The van der Waals surface area contributed by atoms with Gasteiger partial charge in [0.2, 0.25) is 11.8 Å². The van der Waals surface area contributed by atoms with Crippen LogP contribution in [0.2, 0.25) is 0 Å². The Morgan fingerprint density at radius 2 is 1.83 bits per heavy atom. The number of carbonyl (C=O) groups excluding carboxylic acids is 1. The minimum atomic E-state index is -2.77. The Morgan fingerprint density at radius 3 is 2.42 bits per heavy atom. The second-order valence-electron chi connectivity index (χ2n) is 9.14. The molecule has 0 radical (unpaired) electrons. The molecule has 12 heteroatoms. The second-order valence-corrected chi connectivity index (χ2v) is 9.14. The lowest BCUT2D eigenvalue weighted by Crippen LogP contribution is -2.41. The molecule has 4 rings (SSSR count). The average Bonchev–Trinajstić information content (AvgIpc) is 3.23. The molecule has 2 aliphatic rings. The lowest BCUT2D eigenvalue weighted by atomic mass is 9.92. The number of ether oxygens (including phenoxy) is 1. The van der Waals surface area contributed by atoms with E-state index in [1.165, 1.54) is 6.20 Å². The van der Waals surface area contributed by atoms with E-state index in [1.807, 2.05) is 0 Å². The van der Waals surface area contributed by atoms with Crippen molar-refractivity contribution in [3.05, 3.63) is 41.6 Å². The zero-order valence-electron chi connectivity index (χ0n) is 19.3. The van der Waals surface area contributed by atoms with E-state index in [2.05, 4.69) is 10.3 Å². The van der Waals surface area contributed by atoms with Crippen molar-refractivity contribution in [3.8, 4) is 17.0 Å². The Morgan fingerprint density at radius 1 is 1.17 bits per heavy atom. The molecule has 4 N–H and O–H groups in total. The van der Waals surface area contributed by atoms with Crippen LogP contribution in [0.1, 0.15) is 42.5 Å². The summed E-state index contributed by atoms with van der Waals surface area (Å²) in [5, 5.41) is 11.9. The van der Waals surface area contributed by atoms with Crippen LogP contribution in [0.3, 0.4) is 0 Å². The van der Waals surface area contributed by atoms with Crippen LogP contribution in [0.5, 0.6) is 5.88 Å². The van der Waals surface area contributed by atoms with Crippen LogP contribution in [0.15, 0.2) is 24.4 Å². The van der Waals surface area contributed by atoms with Gasteiger partial charge >= 0.3 is 5.97 Å². The number of nitrogens with zero attached hydrogens (tertiary/aromatic N) is 2. The van der Waals surface area contributed by atoms with Gasteiger partial charge in [0.05, 0.1) is 16.8 Å². The van der Waals surface area contributed by atoms with E-state index in [4.69, 9.17) is 15.6 Å². The number of halogens is 4. The first-order valence-corrected chi connectivity index (χ1v) is 11.6. The molecule has 2 heterocycles. The smallest absolute Gasteiger partial charge is 0.341 e. The summed E-state index contributed by atoms with van der Waals surface area (Å²) in [4.78, 5) is 30.3. The number of hydrogen-bond donors (Lipinski definition) is 3. The maximum atomic E-state index is 14.2. The number of carboxylic acid groups (broad SMARTS) is 1. The van der Waals surface area contributed by atoms with Crippen molar-refractivity contribution in [1.82, 2.24) is 10.3 Å². The maximum absolute atomic E-state index is 14.2. The van der Waals surface area contributed by atoms with Crippen molar-refractivity contribution >= 4 is 17.6 Å². The van der Waals surface area contributed by atoms with Crippen LogP contribution in [-0.2, 0) is 4.79 Å². The van der Waals surface area contributed by atoms with E-state index >= 15 is 0 Å². The first kappa shape index (κ1) is 25.7. The highest BCUT2D eigenvalue weighted by atomic mass is 19.3. The van der Waals surface area contributed by atoms with Crippen molar-refractivity contribution in [3.63, 3.8) is 0 Å². The van der Waals surface area contributed by atoms with Crippen LogP contribution in [0, 0.1) is 11.6 Å². The number of aliphatic carboxylic acids is 1. The number of alkyl halides is 2. The summed E-state index contributed by atoms with van der Waals surface area (Å²) in [5.74, 6) is -6.68. The highest BCUT2D eigenvalue weighted by molar-refractivity contribution is 6.04. The molecule has 1 atom stereocenters. The molecular weight excluding hydrogens is 484 g/mol. The van der Waals surface area contributed by atoms with Crippen LogP contribution >= 0.6 is 0 Å². The van der Waals surface area contributed by atoms with Gasteiger partial charge in [-0.3, -0.25) is 4.79 Å². The van der Waals surface area contributed by atoms with E-state index < -0.39 is 42.1 Å². The molecule has 1 aliphatic carbocycles.